The fourth-order valence-corrected chi connectivity index (χ4v) is 3.80. The lowest BCUT2D eigenvalue weighted by atomic mass is 9.85. The van der Waals surface area contributed by atoms with E-state index in [2.05, 4.69) is 17.1 Å². The third-order valence-electron chi connectivity index (χ3n) is 5.21. The Morgan fingerprint density at radius 2 is 2.04 bits per heavy atom. The number of piperidine rings is 1. The molecule has 1 aromatic rings. The highest BCUT2D eigenvalue weighted by Crippen LogP contribution is 2.29. The first kappa shape index (κ1) is 19.3. The second-order valence-corrected chi connectivity index (χ2v) is 7.28. The summed E-state index contributed by atoms with van der Waals surface area (Å²) < 4.78 is 27.0. The lowest BCUT2D eigenvalue weighted by molar-refractivity contribution is 0.0793. The number of Topliss-reactive ketones (excluding diaryl/α,β-unsaturated/α-hetero) is 1. The minimum absolute atomic E-state index is 0. The van der Waals surface area contributed by atoms with Crippen LogP contribution in [0, 0.1) is 23.0 Å². The van der Waals surface area contributed by atoms with Gasteiger partial charge in [0.15, 0.2) is 5.78 Å². The Hall–Kier alpha value is -1.04. The third-order valence-corrected chi connectivity index (χ3v) is 5.21. The van der Waals surface area contributed by atoms with Gasteiger partial charge in [0.05, 0.1) is 5.56 Å². The quantitative estimate of drug-likeness (QED) is 0.838. The van der Waals surface area contributed by atoms with Gasteiger partial charge in [0.25, 0.3) is 0 Å². The molecular formula is C18H25ClF2N2O. The maximum Gasteiger partial charge on any atom is 0.169 e. The number of halogens is 3. The fraction of sp³-hybridized carbons (Fsp3) is 0.611. The van der Waals surface area contributed by atoms with Crippen LogP contribution in [0.2, 0.25) is 0 Å². The molecule has 2 saturated heterocycles. The molecule has 2 aliphatic rings. The van der Waals surface area contributed by atoms with Crippen LogP contribution in [0.1, 0.15) is 36.5 Å². The lowest BCUT2D eigenvalue weighted by Gasteiger charge is -2.36. The molecule has 1 aromatic carbocycles. The second-order valence-electron chi connectivity index (χ2n) is 7.28. The van der Waals surface area contributed by atoms with Crippen LogP contribution in [0.15, 0.2) is 18.2 Å². The van der Waals surface area contributed by atoms with Crippen molar-refractivity contribution in [3.8, 4) is 0 Å². The first-order valence-corrected chi connectivity index (χ1v) is 8.39. The molecule has 2 aliphatic heterocycles. The number of rotatable bonds is 4. The average molecular weight is 359 g/mol. The Morgan fingerprint density at radius 1 is 1.33 bits per heavy atom. The number of benzene rings is 1. The van der Waals surface area contributed by atoms with E-state index in [1.54, 1.807) is 0 Å². The van der Waals surface area contributed by atoms with Crippen LogP contribution in [0.5, 0.6) is 0 Å². The maximum absolute atomic E-state index is 13.8. The SMILES string of the molecule is CC1(CN2CCC(C(=O)c3cc(F)ccc3F)CC2)CCNC1.Cl. The van der Waals surface area contributed by atoms with Crippen molar-refractivity contribution in [3.63, 3.8) is 0 Å². The number of ketones is 1. The zero-order valence-electron chi connectivity index (χ0n) is 14.0. The summed E-state index contributed by atoms with van der Waals surface area (Å²) in [6.07, 6.45) is 2.62. The minimum atomic E-state index is -0.622. The Bertz CT molecular complexity index is 582. The van der Waals surface area contributed by atoms with Gasteiger partial charge in [-0.2, -0.15) is 0 Å². The summed E-state index contributed by atoms with van der Waals surface area (Å²) in [4.78, 5) is 14.9. The molecule has 1 unspecified atom stereocenters. The fourth-order valence-electron chi connectivity index (χ4n) is 3.80. The molecule has 1 N–H and O–H groups in total. The van der Waals surface area contributed by atoms with Gasteiger partial charge >= 0.3 is 0 Å². The molecule has 0 amide bonds. The van der Waals surface area contributed by atoms with Crippen molar-refractivity contribution >= 4 is 18.2 Å². The largest absolute Gasteiger partial charge is 0.316 e. The van der Waals surface area contributed by atoms with E-state index < -0.39 is 11.6 Å². The Kier molecular flexibility index (Phi) is 6.34. The van der Waals surface area contributed by atoms with E-state index in [-0.39, 0.29) is 29.7 Å². The van der Waals surface area contributed by atoms with E-state index in [0.717, 1.165) is 63.8 Å². The van der Waals surface area contributed by atoms with Crippen molar-refractivity contribution in [2.45, 2.75) is 26.2 Å². The monoisotopic (exact) mass is 358 g/mol. The molecule has 2 fully saturated rings. The van der Waals surface area contributed by atoms with Crippen molar-refractivity contribution in [2.24, 2.45) is 11.3 Å². The van der Waals surface area contributed by atoms with Crippen molar-refractivity contribution in [2.75, 3.05) is 32.7 Å². The van der Waals surface area contributed by atoms with Gasteiger partial charge in [0, 0.05) is 19.0 Å². The van der Waals surface area contributed by atoms with E-state index in [9.17, 15) is 13.6 Å². The molecule has 3 rings (SSSR count). The summed E-state index contributed by atoms with van der Waals surface area (Å²) in [5, 5.41) is 3.40. The summed E-state index contributed by atoms with van der Waals surface area (Å²) in [5.41, 5.74) is 0.210. The van der Waals surface area contributed by atoms with Crippen LogP contribution < -0.4 is 5.32 Å². The summed E-state index contributed by atoms with van der Waals surface area (Å²) in [5.74, 6) is -1.63. The number of hydrogen-bond donors (Lipinski definition) is 1. The molecule has 0 aliphatic carbocycles. The number of nitrogens with one attached hydrogen (secondary N) is 1. The van der Waals surface area contributed by atoms with Gasteiger partial charge in [-0.25, -0.2) is 8.78 Å². The van der Waals surface area contributed by atoms with Crippen LogP contribution in [0.3, 0.4) is 0 Å². The number of nitrogens with zero attached hydrogens (tertiary/aromatic N) is 1. The van der Waals surface area contributed by atoms with Crippen molar-refractivity contribution in [1.82, 2.24) is 10.2 Å². The third kappa shape index (κ3) is 4.32. The predicted octanol–water partition coefficient (Wildman–Crippen LogP) is 3.28. The molecule has 2 heterocycles. The number of likely N-dealkylation sites (tertiary alicyclic amines) is 1. The Morgan fingerprint density at radius 3 is 2.67 bits per heavy atom. The first-order valence-electron chi connectivity index (χ1n) is 8.39. The normalized spacial score (nSPS) is 25.5. The zero-order chi connectivity index (χ0) is 16.4. The zero-order valence-corrected chi connectivity index (χ0v) is 14.8. The highest BCUT2D eigenvalue weighted by atomic mass is 35.5. The molecule has 0 radical (unpaired) electrons. The average Bonchev–Trinajstić information content (AvgIpc) is 2.96. The van der Waals surface area contributed by atoms with E-state index in [1.807, 2.05) is 0 Å². The molecule has 134 valence electrons. The summed E-state index contributed by atoms with van der Waals surface area (Å²) in [7, 11) is 0. The number of carbonyl (C=O) groups is 1. The van der Waals surface area contributed by atoms with Crippen LogP contribution in [0.25, 0.3) is 0 Å². The van der Waals surface area contributed by atoms with Gasteiger partial charge in [-0.3, -0.25) is 4.79 Å². The maximum atomic E-state index is 13.8. The lowest BCUT2D eigenvalue weighted by Crippen LogP contribution is -2.43. The van der Waals surface area contributed by atoms with Crippen molar-refractivity contribution < 1.29 is 13.6 Å². The van der Waals surface area contributed by atoms with Crippen LogP contribution in [0.4, 0.5) is 8.78 Å². The molecule has 24 heavy (non-hydrogen) atoms. The molecule has 0 aromatic heterocycles. The van der Waals surface area contributed by atoms with Gasteiger partial charge in [-0.15, -0.1) is 12.4 Å². The van der Waals surface area contributed by atoms with Crippen LogP contribution in [-0.4, -0.2) is 43.4 Å². The van der Waals surface area contributed by atoms with E-state index in [1.165, 1.54) is 6.42 Å². The Balaban J connectivity index is 0.00000208. The van der Waals surface area contributed by atoms with Crippen molar-refractivity contribution in [3.05, 3.63) is 35.4 Å². The number of carbonyl (C=O) groups excluding carboxylic acids is 1. The standard InChI is InChI=1S/C18H24F2N2O.ClH/c1-18(6-7-21-11-18)12-22-8-4-13(5-9-22)17(23)15-10-14(19)2-3-16(15)20;/h2-3,10,13,21H,4-9,11-12H2,1H3;1H. The minimum Gasteiger partial charge on any atom is -0.316 e. The molecule has 3 nitrogen and oxygen atoms in total. The van der Waals surface area contributed by atoms with Crippen molar-refractivity contribution in [1.29, 1.82) is 0 Å². The summed E-state index contributed by atoms with van der Waals surface area (Å²) in [6.45, 7) is 7.15. The van der Waals surface area contributed by atoms with E-state index in [4.69, 9.17) is 0 Å². The van der Waals surface area contributed by atoms with Gasteiger partial charge in [-0.05, 0) is 62.5 Å². The molecular weight excluding hydrogens is 334 g/mol. The molecule has 0 spiro atoms. The smallest absolute Gasteiger partial charge is 0.169 e. The molecule has 0 saturated carbocycles. The van der Waals surface area contributed by atoms with Gasteiger partial charge < -0.3 is 10.2 Å². The van der Waals surface area contributed by atoms with Gasteiger partial charge in [-0.1, -0.05) is 6.92 Å². The second kappa shape index (κ2) is 7.89. The van der Waals surface area contributed by atoms with E-state index in [0.29, 0.717) is 5.41 Å². The predicted molar refractivity (Wildman–Crippen MR) is 92.7 cm³/mol. The van der Waals surface area contributed by atoms with Crippen LogP contribution >= 0.6 is 12.4 Å². The van der Waals surface area contributed by atoms with Crippen LogP contribution in [-0.2, 0) is 0 Å². The summed E-state index contributed by atoms with van der Waals surface area (Å²) >= 11 is 0. The highest BCUT2D eigenvalue weighted by molar-refractivity contribution is 5.98. The molecule has 6 heteroatoms. The van der Waals surface area contributed by atoms with Gasteiger partial charge in [0.1, 0.15) is 11.6 Å². The Labute approximate surface area is 148 Å². The molecule has 1 atom stereocenters. The highest BCUT2D eigenvalue weighted by Gasteiger charge is 2.33. The summed E-state index contributed by atoms with van der Waals surface area (Å²) in [6, 6.07) is 3.10. The topological polar surface area (TPSA) is 32.3 Å². The molecule has 0 bridgehead atoms. The first-order chi connectivity index (χ1) is 11.0. The van der Waals surface area contributed by atoms with Gasteiger partial charge in [0.2, 0.25) is 0 Å². The van der Waals surface area contributed by atoms with E-state index >= 15 is 0 Å². The number of hydrogen-bond acceptors (Lipinski definition) is 3.